The highest BCUT2D eigenvalue weighted by Gasteiger charge is 2.62. The Morgan fingerprint density at radius 1 is 0.538 bits per heavy atom. The van der Waals surface area contributed by atoms with Gasteiger partial charge in [-0.2, -0.15) is 0 Å². The first-order valence-electron chi connectivity index (χ1n) is 18.2. The quantitative estimate of drug-likeness (QED) is 0.117. The summed E-state index contributed by atoms with van der Waals surface area (Å²) in [6, 6.07) is 44.7. The number of hydrogen-bond donors (Lipinski definition) is 0. The van der Waals surface area contributed by atoms with Gasteiger partial charge in [0, 0.05) is 18.1 Å². The van der Waals surface area contributed by atoms with Gasteiger partial charge in [-0.3, -0.25) is 0 Å². The number of rotatable bonds is 7. The summed E-state index contributed by atoms with van der Waals surface area (Å²) in [5, 5.41) is -2.39. The molecule has 0 saturated carbocycles. The van der Waals surface area contributed by atoms with Crippen molar-refractivity contribution in [1.82, 2.24) is 9.82 Å². The lowest BCUT2D eigenvalue weighted by Gasteiger charge is -2.23. The number of nitrogens with zero attached hydrogens (tertiary/aromatic N) is 3. The first kappa shape index (κ1) is 33.5. The van der Waals surface area contributed by atoms with Crippen LogP contribution in [-0.4, -0.2) is 15.1 Å². The zero-order valence-electron chi connectivity index (χ0n) is 30.6. The van der Waals surface area contributed by atoms with Crippen LogP contribution in [0.1, 0.15) is 62.2 Å². The third-order valence-electron chi connectivity index (χ3n) is 11.0. The van der Waals surface area contributed by atoms with Crippen molar-refractivity contribution in [2.75, 3.05) is 0 Å². The Morgan fingerprint density at radius 3 is 1.46 bits per heavy atom. The molecule has 0 fully saturated rings. The zero-order valence-corrected chi connectivity index (χ0v) is 30.6. The molecule has 2 aliphatic heterocycles. The Hall–Kier alpha value is -5.65. The molecule has 5 aromatic carbocycles. The summed E-state index contributed by atoms with van der Waals surface area (Å²) in [7, 11) is 0. The molecule has 0 atom stereocenters. The highest BCUT2D eigenvalue weighted by molar-refractivity contribution is 6.01. The summed E-state index contributed by atoms with van der Waals surface area (Å²) < 4.78 is 36.5. The first-order chi connectivity index (χ1) is 25.1. The minimum atomic E-state index is -2.39. The fourth-order valence-corrected chi connectivity index (χ4v) is 8.57. The van der Waals surface area contributed by atoms with E-state index in [9.17, 15) is 0 Å². The van der Waals surface area contributed by atoms with E-state index in [0.717, 1.165) is 77.9 Å². The van der Waals surface area contributed by atoms with Crippen LogP contribution in [0.2, 0.25) is 0 Å². The molecular weight excluding hydrogens is 645 g/mol. The van der Waals surface area contributed by atoms with Crippen LogP contribution in [0, 0.1) is 13.8 Å². The Morgan fingerprint density at radius 2 is 0.981 bits per heavy atom. The molecule has 3 nitrogen and oxygen atoms in total. The molecule has 6 aromatic rings. The Labute approximate surface area is 305 Å². The van der Waals surface area contributed by atoms with Crippen molar-refractivity contribution in [3.05, 3.63) is 172 Å². The molecule has 3 heterocycles. The molecule has 0 unspecified atom stereocenters. The molecule has 0 radical (unpaired) electrons. The van der Waals surface area contributed by atoms with Gasteiger partial charge in [-0.15, -0.1) is 0 Å². The van der Waals surface area contributed by atoms with Crippen molar-refractivity contribution in [1.29, 1.82) is 0 Å². The molecule has 0 amide bonds. The van der Waals surface area contributed by atoms with Gasteiger partial charge in [0.25, 0.3) is 11.4 Å². The van der Waals surface area contributed by atoms with E-state index in [-0.39, 0.29) is 0 Å². The number of benzene rings is 5. The van der Waals surface area contributed by atoms with Crippen molar-refractivity contribution < 1.29 is 13.6 Å². The molecule has 0 saturated heterocycles. The minimum Gasteiger partial charge on any atom is -0.0622 e. The predicted octanol–water partition coefficient (Wildman–Crippen LogP) is 12.4. The van der Waals surface area contributed by atoms with E-state index in [1.54, 1.807) is 0 Å². The standard InChI is InChI=1S/C47H43F2N3/c1-7-43-30(3)46-45(47-31(4)44(8-2)33(6)51(47)52(48,49)50(46)32(43)5)42-28-40(38-23-15-21-36(25-38)34-17-11-9-12-18-34)27-41(29-42)39-24-16-22-37(26-39)35-19-13-10-14-20-35/h9-29H,7-8H2,1-6H3/q+2. The second-order valence-corrected chi connectivity index (χ2v) is 13.9. The number of fused-ring (bicyclic) bond motifs is 2. The van der Waals surface area contributed by atoms with Crippen molar-refractivity contribution in [2.24, 2.45) is 0 Å². The largest absolute Gasteiger partial charge is 0.382 e. The SMILES string of the molecule is CCC1=C(C)C2=C(c3cc(-c4cccc(-c5ccccc5)c4)cc(-c4cccc(-c5ccccc5)c4)c3)c3c(C)c(CC)c(C)n3[N+](F)(F)[N+]2=C1C. The molecule has 0 aliphatic carbocycles. The second kappa shape index (κ2) is 12.8. The summed E-state index contributed by atoms with van der Waals surface area (Å²) >= 11 is 0. The van der Waals surface area contributed by atoms with Crippen molar-refractivity contribution in [2.45, 2.75) is 54.4 Å². The summed E-state index contributed by atoms with van der Waals surface area (Å²) in [5.74, 6) is 0. The van der Waals surface area contributed by atoms with Crippen LogP contribution >= 0.6 is 0 Å². The van der Waals surface area contributed by atoms with Crippen LogP contribution < -0.4 is 5.15 Å². The van der Waals surface area contributed by atoms with Gasteiger partial charge in [-0.05, 0) is 125 Å². The van der Waals surface area contributed by atoms with E-state index in [1.165, 1.54) is 9.36 Å². The van der Waals surface area contributed by atoms with Crippen LogP contribution in [0.5, 0.6) is 0 Å². The van der Waals surface area contributed by atoms with E-state index < -0.39 is 5.15 Å². The highest BCUT2D eigenvalue weighted by atomic mass is 19.4. The van der Waals surface area contributed by atoms with Crippen molar-refractivity contribution in [3.8, 4) is 44.5 Å². The number of aromatic nitrogens is 1. The summed E-state index contributed by atoms with van der Waals surface area (Å²) in [4.78, 5) is 0. The molecule has 1 aromatic heterocycles. The topological polar surface area (TPSA) is 7.94 Å². The van der Waals surface area contributed by atoms with Gasteiger partial charge in [0.1, 0.15) is 14.7 Å². The van der Waals surface area contributed by atoms with E-state index >= 15 is 8.96 Å². The molecule has 258 valence electrons. The lowest BCUT2D eigenvalue weighted by Crippen LogP contribution is -2.55. The van der Waals surface area contributed by atoms with Crippen LogP contribution in [0.15, 0.2) is 144 Å². The summed E-state index contributed by atoms with van der Waals surface area (Å²) in [5.41, 5.74) is 16.5. The highest BCUT2D eigenvalue weighted by Crippen LogP contribution is 2.48. The molecule has 0 N–H and O–H groups in total. The number of hydrogen-bond acceptors (Lipinski definition) is 0. The maximum Gasteiger partial charge on any atom is 0.382 e. The van der Waals surface area contributed by atoms with Crippen LogP contribution in [0.4, 0.5) is 8.96 Å². The molecule has 52 heavy (non-hydrogen) atoms. The average molecular weight is 688 g/mol. The van der Waals surface area contributed by atoms with Crippen molar-refractivity contribution in [3.63, 3.8) is 0 Å². The van der Waals surface area contributed by atoms with Gasteiger partial charge < -0.3 is 0 Å². The molecule has 2 aliphatic rings. The summed E-state index contributed by atoms with van der Waals surface area (Å²) in [6.45, 7) is 11.8. The normalized spacial score (nSPS) is 15.0. The zero-order chi connectivity index (χ0) is 36.3. The molecular formula is C47H43F2N3+2. The van der Waals surface area contributed by atoms with Crippen molar-refractivity contribution >= 4 is 11.3 Å². The Kier molecular flexibility index (Phi) is 8.27. The van der Waals surface area contributed by atoms with E-state index in [4.69, 9.17) is 0 Å². The van der Waals surface area contributed by atoms with E-state index in [1.807, 2.05) is 39.8 Å². The fourth-order valence-electron chi connectivity index (χ4n) is 8.57. The summed E-state index contributed by atoms with van der Waals surface area (Å²) in [6.07, 6.45) is 1.34. The van der Waals surface area contributed by atoms with Crippen LogP contribution in [-0.2, 0) is 6.42 Å². The molecule has 0 spiro atoms. The lowest BCUT2D eigenvalue weighted by molar-refractivity contribution is -0.773. The van der Waals surface area contributed by atoms with Gasteiger partial charge in [0.15, 0.2) is 0 Å². The van der Waals surface area contributed by atoms with Crippen LogP contribution in [0.25, 0.3) is 50.1 Å². The molecule has 5 heteroatoms. The third kappa shape index (κ3) is 5.22. The maximum atomic E-state index is 17.0. The smallest absolute Gasteiger partial charge is 0.0622 e. The Bertz CT molecular complexity index is 2380. The predicted molar refractivity (Wildman–Crippen MR) is 211 cm³/mol. The minimum absolute atomic E-state index is 0.578. The van der Waals surface area contributed by atoms with E-state index in [0.29, 0.717) is 35.6 Å². The van der Waals surface area contributed by atoms with Gasteiger partial charge in [0.2, 0.25) is 0 Å². The van der Waals surface area contributed by atoms with Gasteiger partial charge >= 0.3 is 5.15 Å². The Balaban J connectivity index is 1.45. The first-order valence-corrected chi connectivity index (χ1v) is 18.2. The number of allylic oxidation sites excluding steroid dienone is 2. The van der Waals surface area contributed by atoms with E-state index in [2.05, 4.69) is 129 Å². The maximum absolute atomic E-state index is 17.0. The van der Waals surface area contributed by atoms with Gasteiger partial charge in [-0.25, -0.2) is 0 Å². The fraction of sp³-hybridized carbons (Fsp3) is 0.170. The second-order valence-electron chi connectivity index (χ2n) is 13.9. The van der Waals surface area contributed by atoms with Crippen LogP contribution in [0.3, 0.4) is 0 Å². The number of quaternary nitrogens is 1. The molecule has 0 bridgehead atoms. The third-order valence-corrected chi connectivity index (χ3v) is 11.0. The van der Waals surface area contributed by atoms with Gasteiger partial charge in [-0.1, -0.05) is 116 Å². The van der Waals surface area contributed by atoms with Gasteiger partial charge in [0.05, 0.1) is 16.0 Å². The average Bonchev–Trinajstić information content (AvgIpc) is 3.59. The molecule has 8 rings (SSSR count). The lowest BCUT2D eigenvalue weighted by atomic mass is 9.87. The number of halogens is 2. The monoisotopic (exact) mass is 687 g/mol.